The number of halogens is 2. The molecule has 0 aromatic heterocycles. The van der Waals surface area contributed by atoms with Gasteiger partial charge < -0.3 is 5.11 Å². The molecule has 0 amide bonds. The molecular formula is C14H15Cl2NO2. The molecule has 2 aliphatic rings. The van der Waals surface area contributed by atoms with E-state index in [4.69, 9.17) is 23.2 Å². The molecule has 2 fully saturated rings. The van der Waals surface area contributed by atoms with E-state index in [1.54, 1.807) is 0 Å². The van der Waals surface area contributed by atoms with Crippen molar-refractivity contribution in [3.05, 3.63) is 33.8 Å². The van der Waals surface area contributed by atoms with Crippen molar-refractivity contribution in [2.75, 3.05) is 0 Å². The van der Waals surface area contributed by atoms with Crippen LogP contribution in [0.3, 0.4) is 0 Å². The van der Waals surface area contributed by atoms with E-state index < -0.39 is 5.97 Å². The third-order valence-electron chi connectivity index (χ3n) is 4.40. The summed E-state index contributed by atoms with van der Waals surface area (Å²) in [5.74, 6) is -0.914. The van der Waals surface area contributed by atoms with Gasteiger partial charge in [-0.05, 0) is 31.4 Å². The molecule has 0 aliphatic carbocycles. The van der Waals surface area contributed by atoms with Crippen molar-refractivity contribution in [1.82, 2.24) is 4.90 Å². The predicted molar refractivity (Wildman–Crippen MR) is 74.6 cm³/mol. The molecule has 0 spiro atoms. The fourth-order valence-electron chi connectivity index (χ4n) is 3.48. The third kappa shape index (κ3) is 2.24. The van der Waals surface area contributed by atoms with Crippen LogP contribution >= 0.6 is 23.2 Å². The smallest absolute Gasteiger partial charge is 0.308 e. The Morgan fingerprint density at radius 1 is 1.32 bits per heavy atom. The van der Waals surface area contributed by atoms with E-state index in [-0.39, 0.29) is 12.0 Å². The van der Waals surface area contributed by atoms with Crippen molar-refractivity contribution in [2.24, 2.45) is 5.92 Å². The molecule has 2 saturated heterocycles. The quantitative estimate of drug-likeness (QED) is 0.929. The van der Waals surface area contributed by atoms with E-state index in [1.807, 2.05) is 18.2 Å². The average molecular weight is 300 g/mol. The number of hydrogen-bond donors (Lipinski definition) is 1. The van der Waals surface area contributed by atoms with E-state index in [9.17, 15) is 9.90 Å². The zero-order chi connectivity index (χ0) is 13.6. The topological polar surface area (TPSA) is 40.5 Å². The van der Waals surface area contributed by atoms with Gasteiger partial charge in [0.2, 0.25) is 0 Å². The molecule has 1 aromatic rings. The van der Waals surface area contributed by atoms with Crippen LogP contribution in [0.5, 0.6) is 0 Å². The van der Waals surface area contributed by atoms with Gasteiger partial charge >= 0.3 is 5.97 Å². The number of carbonyl (C=O) groups is 1. The van der Waals surface area contributed by atoms with Crippen LogP contribution in [0.25, 0.3) is 0 Å². The Morgan fingerprint density at radius 2 is 2.00 bits per heavy atom. The number of benzene rings is 1. The van der Waals surface area contributed by atoms with Crippen LogP contribution in [-0.4, -0.2) is 28.1 Å². The molecule has 1 aromatic carbocycles. The van der Waals surface area contributed by atoms with Gasteiger partial charge in [-0.2, -0.15) is 0 Å². The highest BCUT2D eigenvalue weighted by atomic mass is 35.5. The van der Waals surface area contributed by atoms with Crippen LogP contribution in [0.1, 0.15) is 24.8 Å². The van der Waals surface area contributed by atoms with E-state index in [1.165, 1.54) is 0 Å². The van der Waals surface area contributed by atoms with Gasteiger partial charge in [-0.1, -0.05) is 29.3 Å². The lowest BCUT2D eigenvalue weighted by Gasteiger charge is -2.23. The highest BCUT2D eigenvalue weighted by Gasteiger charge is 2.49. The van der Waals surface area contributed by atoms with E-state index in [2.05, 4.69) is 4.90 Å². The lowest BCUT2D eigenvalue weighted by molar-refractivity contribution is -0.142. The Hall–Kier alpha value is -0.770. The number of fused-ring (bicyclic) bond motifs is 2. The Labute approximate surface area is 122 Å². The van der Waals surface area contributed by atoms with Gasteiger partial charge in [0.05, 0.1) is 5.92 Å². The minimum absolute atomic E-state index is 0.134. The van der Waals surface area contributed by atoms with Gasteiger partial charge in [0.15, 0.2) is 0 Å². The number of rotatable bonds is 3. The van der Waals surface area contributed by atoms with Crippen LogP contribution in [0.15, 0.2) is 18.2 Å². The molecular weight excluding hydrogens is 285 g/mol. The van der Waals surface area contributed by atoms with E-state index >= 15 is 0 Å². The fourth-order valence-corrected chi connectivity index (χ4v) is 4.00. The SMILES string of the molecule is O=C(O)C1CC2CCC1N2Cc1c(Cl)cccc1Cl. The van der Waals surface area contributed by atoms with Crippen LogP contribution in [0.2, 0.25) is 10.0 Å². The Morgan fingerprint density at radius 3 is 2.58 bits per heavy atom. The molecule has 0 saturated carbocycles. The maximum absolute atomic E-state index is 11.2. The summed E-state index contributed by atoms with van der Waals surface area (Å²) in [4.78, 5) is 13.5. The number of carboxylic acid groups (broad SMARTS) is 1. The summed E-state index contributed by atoms with van der Waals surface area (Å²) in [5, 5.41) is 10.6. The standard InChI is InChI=1S/C14H15Cl2NO2/c15-11-2-1-3-12(16)10(11)7-17-8-4-5-13(17)9(6-8)14(18)19/h1-3,8-9,13H,4-7H2,(H,18,19). The Bertz CT molecular complexity index is 500. The molecule has 19 heavy (non-hydrogen) atoms. The number of hydrogen-bond acceptors (Lipinski definition) is 2. The van der Waals surface area contributed by atoms with Gasteiger partial charge in [0, 0.05) is 34.2 Å². The van der Waals surface area contributed by atoms with Crippen molar-refractivity contribution in [1.29, 1.82) is 0 Å². The molecule has 2 bridgehead atoms. The number of aliphatic carboxylic acids is 1. The largest absolute Gasteiger partial charge is 0.481 e. The molecule has 2 heterocycles. The summed E-state index contributed by atoms with van der Waals surface area (Å²) in [6.45, 7) is 0.650. The van der Waals surface area contributed by atoms with Gasteiger partial charge in [-0.3, -0.25) is 9.69 Å². The molecule has 5 heteroatoms. The first-order valence-electron chi connectivity index (χ1n) is 6.49. The molecule has 3 nitrogen and oxygen atoms in total. The molecule has 2 aliphatic heterocycles. The van der Waals surface area contributed by atoms with Crippen molar-refractivity contribution >= 4 is 29.2 Å². The summed E-state index contributed by atoms with van der Waals surface area (Å²) in [6, 6.07) is 5.98. The number of carboxylic acids is 1. The molecule has 0 radical (unpaired) electrons. The lowest BCUT2D eigenvalue weighted by atomic mass is 9.89. The van der Waals surface area contributed by atoms with Crippen LogP contribution in [0.4, 0.5) is 0 Å². The highest BCUT2D eigenvalue weighted by molar-refractivity contribution is 6.35. The van der Waals surface area contributed by atoms with Gasteiger partial charge in [0.1, 0.15) is 0 Å². The zero-order valence-corrected chi connectivity index (χ0v) is 11.9. The Balaban J connectivity index is 1.83. The second-order valence-corrected chi connectivity index (χ2v) is 6.17. The van der Waals surface area contributed by atoms with Gasteiger partial charge in [-0.25, -0.2) is 0 Å². The van der Waals surface area contributed by atoms with Crippen LogP contribution in [0, 0.1) is 5.92 Å². The van der Waals surface area contributed by atoms with Crippen LogP contribution in [-0.2, 0) is 11.3 Å². The van der Waals surface area contributed by atoms with Gasteiger partial charge in [0.25, 0.3) is 0 Å². The lowest BCUT2D eigenvalue weighted by Crippen LogP contribution is -2.32. The molecule has 3 unspecified atom stereocenters. The highest BCUT2D eigenvalue weighted by Crippen LogP contribution is 2.43. The molecule has 1 N–H and O–H groups in total. The summed E-state index contributed by atoms with van der Waals surface area (Å²) >= 11 is 12.4. The zero-order valence-electron chi connectivity index (χ0n) is 10.4. The molecule has 3 rings (SSSR count). The fraction of sp³-hybridized carbons (Fsp3) is 0.500. The summed E-state index contributed by atoms with van der Waals surface area (Å²) in [6.07, 6.45) is 2.79. The van der Waals surface area contributed by atoms with Crippen molar-refractivity contribution in [3.63, 3.8) is 0 Å². The maximum atomic E-state index is 11.2. The predicted octanol–water partition coefficient (Wildman–Crippen LogP) is 3.43. The van der Waals surface area contributed by atoms with Crippen molar-refractivity contribution < 1.29 is 9.90 Å². The third-order valence-corrected chi connectivity index (χ3v) is 5.11. The van der Waals surface area contributed by atoms with Gasteiger partial charge in [-0.15, -0.1) is 0 Å². The van der Waals surface area contributed by atoms with E-state index in [0.29, 0.717) is 22.6 Å². The first kappa shape index (κ1) is 13.2. The van der Waals surface area contributed by atoms with Crippen molar-refractivity contribution in [2.45, 2.75) is 37.9 Å². The summed E-state index contributed by atoms with van der Waals surface area (Å²) in [7, 11) is 0. The molecule has 3 atom stereocenters. The minimum atomic E-state index is -0.678. The normalized spacial score (nSPS) is 29.9. The monoisotopic (exact) mass is 299 g/mol. The maximum Gasteiger partial charge on any atom is 0.308 e. The summed E-state index contributed by atoms with van der Waals surface area (Å²) < 4.78 is 0. The molecule has 102 valence electrons. The second kappa shape index (κ2) is 4.97. The minimum Gasteiger partial charge on any atom is -0.481 e. The average Bonchev–Trinajstić information content (AvgIpc) is 2.91. The van der Waals surface area contributed by atoms with Crippen LogP contribution < -0.4 is 0 Å². The van der Waals surface area contributed by atoms with E-state index in [0.717, 1.165) is 24.8 Å². The second-order valence-electron chi connectivity index (χ2n) is 5.35. The first-order valence-corrected chi connectivity index (χ1v) is 7.25. The summed E-state index contributed by atoms with van der Waals surface area (Å²) in [5.41, 5.74) is 0.911. The van der Waals surface area contributed by atoms with Crippen molar-refractivity contribution in [3.8, 4) is 0 Å². The Kier molecular flexibility index (Phi) is 3.46. The number of nitrogens with zero attached hydrogens (tertiary/aromatic N) is 1. The first-order chi connectivity index (χ1) is 9.08.